The predicted molar refractivity (Wildman–Crippen MR) is 346 cm³/mol. The standard InChI is InChI=1S/C79H86/c1-7-11-15-19-31-57-48-58(32-20-16-12-8-2)51-62(50-57)79(63-52-59(33-21-17-13-9-3)49-60(53-63)34-22-18-14-10-4)74-47-55(5)43-45-66(74)67-46-44-61(54-75(67)79)76-70-39-27-29-41-72(70)78(73-42-30-28-40-71(73)76)77-68-37-25-23-35-64(68)56(6)65-36-24-26-38-69(65)77/h23-30,35-54H,7-22,31-34H2,1-6H3. The van der Waals surface area contributed by atoms with E-state index in [1.165, 1.54) is 235 Å². The van der Waals surface area contributed by atoms with Gasteiger partial charge in [-0.3, -0.25) is 0 Å². The minimum absolute atomic E-state index is 0.535. The Morgan fingerprint density at radius 2 is 0.620 bits per heavy atom. The summed E-state index contributed by atoms with van der Waals surface area (Å²) in [5.74, 6) is 0. The van der Waals surface area contributed by atoms with Crippen LogP contribution in [0.1, 0.15) is 186 Å². The lowest BCUT2D eigenvalue weighted by Gasteiger charge is -2.36. The molecule has 0 spiro atoms. The number of rotatable bonds is 24. The summed E-state index contributed by atoms with van der Waals surface area (Å²) in [6.07, 6.45) is 24.7. The van der Waals surface area contributed by atoms with Gasteiger partial charge in [0.25, 0.3) is 0 Å². The Hall–Kier alpha value is -6.76. The highest BCUT2D eigenvalue weighted by Gasteiger charge is 2.47. The molecule has 0 aliphatic heterocycles. The van der Waals surface area contributed by atoms with Gasteiger partial charge in [0.15, 0.2) is 0 Å². The Bertz CT molecular complexity index is 3520. The molecule has 10 aromatic rings. The highest BCUT2D eigenvalue weighted by molar-refractivity contribution is 6.28. The van der Waals surface area contributed by atoms with Gasteiger partial charge in [-0.1, -0.05) is 274 Å². The first-order chi connectivity index (χ1) is 38.9. The van der Waals surface area contributed by atoms with Crippen molar-refractivity contribution in [2.24, 2.45) is 0 Å². The van der Waals surface area contributed by atoms with E-state index in [0.29, 0.717) is 0 Å². The lowest BCUT2D eigenvalue weighted by Crippen LogP contribution is -2.30. The minimum Gasteiger partial charge on any atom is -0.0654 e. The second-order valence-corrected chi connectivity index (χ2v) is 23.8. The van der Waals surface area contributed by atoms with Crippen molar-refractivity contribution in [3.63, 3.8) is 0 Å². The molecule has 0 heterocycles. The van der Waals surface area contributed by atoms with Crippen molar-refractivity contribution >= 4 is 43.1 Å². The summed E-state index contributed by atoms with van der Waals surface area (Å²) in [6.45, 7) is 14.0. The van der Waals surface area contributed by atoms with Gasteiger partial charge in [0.1, 0.15) is 0 Å². The van der Waals surface area contributed by atoms with Gasteiger partial charge < -0.3 is 0 Å². The van der Waals surface area contributed by atoms with Crippen molar-refractivity contribution in [1.82, 2.24) is 0 Å². The highest BCUT2D eigenvalue weighted by atomic mass is 14.5. The Kier molecular flexibility index (Phi) is 17.0. The molecule has 0 saturated heterocycles. The van der Waals surface area contributed by atoms with Gasteiger partial charge in [-0.15, -0.1) is 0 Å². The molecule has 0 radical (unpaired) electrons. The zero-order chi connectivity index (χ0) is 54.3. The average Bonchev–Trinajstić information content (AvgIpc) is 3.94. The first-order valence-corrected chi connectivity index (χ1v) is 31.2. The summed E-state index contributed by atoms with van der Waals surface area (Å²) in [7, 11) is 0. The maximum absolute atomic E-state index is 2.69. The zero-order valence-corrected chi connectivity index (χ0v) is 48.8. The fraction of sp³-hybridized carbons (Fsp3) is 0.342. The number of benzene rings is 10. The topological polar surface area (TPSA) is 0 Å². The van der Waals surface area contributed by atoms with Crippen LogP contribution in [0, 0.1) is 13.8 Å². The molecule has 1 aliphatic carbocycles. The minimum atomic E-state index is -0.535. The van der Waals surface area contributed by atoms with Crippen LogP contribution in [0.15, 0.2) is 170 Å². The number of fused-ring (bicyclic) bond motifs is 7. The van der Waals surface area contributed by atoms with Gasteiger partial charge in [-0.2, -0.15) is 0 Å². The fourth-order valence-electron chi connectivity index (χ4n) is 14.3. The Balaban J connectivity index is 1.22. The molecular formula is C79H86. The third kappa shape index (κ3) is 10.6. The predicted octanol–water partition coefficient (Wildman–Crippen LogP) is 23.1. The van der Waals surface area contributed by atoms with Crippen molar-refractivity contribution in [3.8, 4) is 33.4 Å². The summed E-state index contributed by atoms with van der Waals surface area (Å²) in [6, 6.07) is 68.1. The van der Waals surface area contributed by atoms with Gasteiger partial charge in [0.2, 0.25) is 0 Å². The van der Waals surface area contributed by atoms with Gasteiger partial charge in [-0.05, 0) is 198 Å². The molecule has 0 unspecified atom stereocenters. The van der Waals surface area contributed by atoms with E-state index in [0.717, 1.165) is 25.7 Å². The molecule has 79 heavy (non-hydrogen) atoms. The fourth-order valence-corrected chi connectivity index (χ4v) is 14.3. The molecule has 0 amide bonds. The van der Waals surface area contributed by atoms with Crippen molar-refractivity contribution in [3.05, 3.63) is 225 Å². The third-order valence-corrected chi connectivity index (χ3v) is 18.2. The lowest BCUT2D eigenvalue weighted by atomic mass is 9.65. The second-order valence-electron chi connectivity index (χ2n) is 23.8. The van der Waals surface area contributed by atoms with Crippen molar-refractivity contribution in [2.45, 2.75) is 175 Å². The van der Waals surface area contributed by atoms with Crippen molar-refractivity contribution in [2.75, 3.05) is 0 Å². The van der Waals surface area contributed by atoms with E-state index in [1.807, 2.05) is 0 Å². The number of aryl methyl sites for hydroxylation is 6. The molecule has 0 heteroatoms. The van der Waals surface area contributed by atoms with Gasteiger partial charge in [0, 0.05) is 0 Å². The van der Waals surface area contributed by atoms with Crippen LogP contribution in [-0.4, -0.2) is 0 Å². The summed E-state index contributed by atoms with van der Waals surface area (Å²) in [4.78, 5) is 0. The van der Waals surface area contributed by atoms with Crippen LogP contribution >= 0.6 is 0 Å². The van der Waals surface area contributed by atoms with Crippen LogP contribution in [0.25, 0.3) is 76.5 Å². The second kappa shape index (κ2) is 24.7. The maximum Gasteiger partial charge on any atom is 0.0714 e. The Morgan fingerprint density at radius 3 is 1.00 bits per heavy atom. The first-order valence-electron chi connectivity index (χ1n) is 31.2. The molecule has 0 bridgehead atoms. The molecule has 0 N–H and O–H groups in total. The molecule has 11 rings (SSSR count). The average molecular weight is 1040 g/mol. The van der Waals surface area contributed by atoms with Crippen LogP contribution in [0.3, 0.4) is 0 Å². The molecule has 0 aromatic heterocycles. The smallest absolute Gasteiger partial charge is 0.0654 e. The van der Waals surface area contributed by atoms with Crippen LogP contribution < -0.4 is 0 Å². The molecule has 0 fully saturated rings. The van der Waals surface area contributed by atoms with E-state index >= 15 is 0 Å². The van der Waals surface area contributed by atoms with E-state index in [9.17, 15) is 0 Å². The summed E-state index contributed by atoms with van der Waals surface area (Å²) in [5.41, 5.74) is 22.0. The zero-order valence-electron chi connectivity index (χ0n) is 48.8. The van der Waals surface area contributed by atoms with Gasteiger partial charge in [-0.25, -0.2) is 0 Å². The van der Waals surface area contributed by atoms with E-state index in [2.05, 4.69) is 211 Å². The van der Waals surface area contributed by atoms with E-state index in [1.54, 1.807) is 0 Å². The summed E-state index contributed by atoms with van der Waals surface area (Å²) < 4.78 is 0. The first kappa shape index (κ1) is 54.2. The molecule has 0 atom stereocenters. The number of hydrogen-bond donors (Lipinski definition) is 0. The van der Waals surface area contributed by atoms with Crippen LogP contribution in [0.4, 0.5) is 0 Å². The largest absolute Gasteiger partial charge is 0.0714 e. The van der Waals surface area contributed by atoms with Crippen LogP contribution in [0.5, 0.6) is 0 Å². The summed E-state index contributed by atoms with van der Waals surface area (Å²) in [5, 5.41) is 10.5. The number of hydrogen-bond acceptors (Lipinski definition) is 0. The molecule has 0 saturated carbocycles. The van der Waals surface area contributed by atoms with Crippen molar-refractivity contribution < 1.29 is 0 Å². The number of unbranched alkanes of at least 4 members (excludes halogenated alkanes) is 12. The van der Waals surface area contributed by atoms with Gasteiger partial charge in [0.05, 0.1) is 5.41 Å². The van der Waals surface area contributed by atoms with Crippen molar-refractivity contribution in [1.29, 1.82) is 0 Å². The monoisotopic (exact) mass is 1030 g/mol. The molecule has 1 aliphatic rings. The normalized spacial score (nSPS) is 12.8. The maximum atomic E-state index is 2.69. The molecule has 0 nitrogen and oxygen atoms in total. The summed E-state index contributed by atoms with van der Waals surface area (Å²) >= 11 is 0. The van der Waals surface area contributed by atoms with Crippen LogP contribution in [0.2, 0.25) is 0 Å². The third-order valence-electron chi connectivity index (χ3n) is 18.2. The lowest BCUT2D eigenvalue weighted by molar-refractivity contribution is 0.655. The van der Waals surface area contributed by atoms with Gasteiger partial charge >= 0.3 is 0 Å². The van der Waals surface area contributed by atoms with E-state index < -0.39 is 5.41 Å². The quantitative estimate of drug-likeness (QED) is 0.0418. The molecule has 402 valence electrons. The molecular weight excluding hydrogens is 949 g/mol. The van der Waals surface area contributed by atoms with E-state index in [4.69, 9.17) is 0 Å². The Labute approximate surface area is 474 Å². The van der Waals surface area contributed by atoms with Crippen LogP contribution in [-0.2, 0) is 31.1 Å². The Morgan fingerprint density at radius 1 is 0.291 bits per heavy atom. The van der Waals surface area contributed by atoms with E-state index in [-0.39, 0.29) is 0 Å². The highest BCUT2D eigenvalue weighted by Crippen LogP contribution is 2.59. The SMILES string of the molecule is CCCCCCc1cc(CCCCCC)cc(C2(c3cc(CCCCCC)cc(CCCCCC)c3)c3cc(C)ccc3-c3ccc(-c4c5ccccc5c(-c5c6ccccc6c(C)c6ccccc56)c5ccccc45)cc32)c1. The molecule has 10 aromatic carbocycles.